The molecule has 4 atom stereocenters. The van der Waals surface area contributed by atoms with Crippen LogP contribution in [0, 0.1) is 5.92 Å². The van der Waals surface area contributed by atoms with Crippen molar-refractivity contribution in [2.24, 2.45) is 5.92 Å². The monoisotopic (exact) mass is 374 g/mol. The molecule has 134 valence electrons. The normalized spacial score (nSPS) is 26.8. The number of hydrogen-bond acceptors (Lipinski definition) is 5. The maximum Gasteiger partial charge on any atom is 0.239 e. The molecule has 0 aromatic heterocycles. The molecule has 3 rings (SSSR count). The van der Waals surface area contributed by atoms with Gasteiger partial charge in [-0.2, -0.15) is 0 Å². The number of halogens is 2. The van der Waals surface area contributed by atoms with Crippen molar-refractivity contribution in [3.8, 4) is 5.75 Å². The lowest BCUT2D eigenvalue weighted by atomic mass is 9.89. The summed E-state index contributed by atoms with van der Waals surface area (Å²) >= 11 is 6.07. The first-order valence-electron chi connectivity index (χ1n) is 8.06. The van der Waals surface area contributed by atoms with Crippen molar-refractivity contribution in [2.75, 3.05) is 19.6 Å². The van der Waals surface area contributed by atoms with Crippen molar-refractivity contribution in [3.05, 3.63) is 29.3 Å². The Morgan fingerprint density at radius 1 is 1.42 bits per heavy atom. The SMILES string of the molecule is CC(CNC(=O)C1NNC2CCNCC21)Oc1ccccc1Cl.Cl. The minimum absolute atomic E-state index is 0. The number of hydrogen-bond donors (Lipinski definition) is 4. The number of carbonyl (C=O) groups excluding carboxylic acids is 1. The lowest BCUT2D eigenvalue weighted by Crippen LogP contribution is -2.50. The third-order valence-corrected chi connectivity index (χ3v) is 4.70. The number of ether oxygens (including phenoxy) is 1. The molecular formula is C16H24Cl2N4O2. The molecule has 8 heteroatoms. The van der Waals surface area contributed by atoms with Crippen LogP contribution in [0.1, 0.15) is 13.3 Å². The molecule has 2 heterocycles. The zero-order valence-electron chi connectivity index (χ0n) is 13.5. The van der Waals surface area contributed by atoms with Crippen molar-refractivity contribution in [3.63, 3.8) is 0 Å². The van der Waals surface area contributed by atoms with Gasteiger partial charge in [-0.05, 0) is 32.0 Å². The van der Waals surface area contributed by atoms with Gasteiger partial charge in [-0.25, -0.2) is 5.43 Å². The molecule has 24 heavy (non-hydrogen) atoms. The first-order chi connectivity index (χ1) is 11.1. The minimum atomic E-state index is -0.208. The predicted molar refractivity (Wildman–Crippen MR) is 96.6 cm³/mol. The molecule has 2 aliphatic heterocycles. The molecule has 0 spiro atoms. The Morgan fingerprint density at radius 3 is 3.00 bits per heavy atom. The molecular weight excluding hydrogens is 351 g/mol. The van der Waals surface area contributed by atoms with Crippen LogP contribution in [0.4, 0.5) is 0 Å². The van der Waals surface area contributed by atoms with Gasteiger partial charge in [0, 0.05) is 18.5 Å². The summed E-state index contributed by atoms with van der Waals surface area (Å²) in [5.74, 6) is 0.917. The number of carbonyl (C=O) groups is 1. The molecule has 2 aliphatic rings. The van der Waals surface area contributed by atoms with E-state index in [0.29, 0.717) is 23.4 Å². The van der Waals surface area contributed by atoms with E-state index >= 15 is 0 Å². The fourth-order valence-electron chi connectivity index (χ4n) is 3.13. The highest BCUT2D eigenvalue weighted by Gasteiger charge is 2.41. The van der Waals surface area contributed by atoms with Crippen LogP contribution in [-0.4, -0.2) is 43.7 Å². The first-order valence-corrected chi connectivity index (χ1v) is 8.43. The number of rotatable bonds is 5. The molecule has 0 radical (unpaired) electrons. The molecule has 4 N–H and O–H groups in total. The molecule has 0 aliphatic carbocycles. The van der Waals surface area contributed by atoms with Crippen LogP contribution in [0.15, 0.2) is 24.3 Å². The van der Waals surface area contributed by atoms with Crippen molar-refractivity contribution in [2.45, 2.75) is 31.5 Å². The van der Waals surface area contributed by atoms with Gasteiger partial charge < -0.3 is 15.4 Å². The minimum Gasteiger partial charge on any atom is -0.487 e. The summed E-state index contributed by atoms with van der Waals surface area (Å²) in [4.78, 5) is 12.4. The Balaban J connectivity index is 0.00000208. The molecule has 2 fully saturated rings. The third kappa shape index (κ3) is 4.52. The van der Waals surface area contributed by atoms with Crippen LogP contribution in [0.25, 0.3) is 0 Å². The third-order valence-electron chi connectivity index (χ3n) is 4.39. The molecule has 1 aromatic carbocycles. The summed E-state index contributed by atoms with van der Waals surface area (Å²) in [6, 6.07) is 7.49. The second-order valence-electron chi connectivity index (χ2n) is 6.13. The number of amides is 1. The average molecular weight is 375 g/mol. The molecule has 1 aromatic rings. The lowest BCUT2D eigenvalue weighted by molar-refractivity contribution is -0.124. The van der Waals surface area contributed by atoms with E-state index in [1.807, 2.05) is 25.1 Å². The van der Waals surface area contributed by atoms with E-state index in [2.05, 4.69) is 21.5 Å². The van der Waals surface area contributed by atoms with Gasteiger partial charge in [0.05, 0.1) is 11.6 Å². The number of para-hydroxylation sites is 1. The molecule has 0 saturated carbocycles. The largest absolute Gasteiger partial charge is 0.487 e. The average Bonchev–Trinajstić information content (AvgIpc) is 2.99. The fourth-order valence-corrected chi connectivity index (χ4v) is 3.31. The first kappa shape index (κ1) is 19.3. The van der Waals surface area contributed by atoms with Gasteiger partial charge in [0.15, 0.2) is 0 Å². The van der Waals surface area contributed by atoms with Crippen molar-refractivity contribution in [1.82, 2.24) is 21.5 Å². The predicted octanol–water partition coefficient (Wildman–Crippen LogP) is 1.10. The Hall–Kier alpha value is -1.05. The second kappa shape index (κ2) is 8.87. The number of nitrogens with one attached hydrogen (secondary N) is 4. The summed E-state index contributed by atoms with van der Waals surface area (Å²) in [5.41, 5.74) is 6.34. The smallest absolute Gasteiger partial charge is 0.239 e. The number of hydrazine groups is 1. The van der Waals surface area contributed by atoms with Crippen molar-refractivity contribution < 1.29 is 9.53 Å². The van der Waals surface area contributed by atoms with Gasteiger partial charge >= 0.3 is 0 Å². The second-order valence-corrected chi connectivity index (χ2v) is 6.54. The van der Waals surface area contributed by atoms with Gasteiger partial charge in [-0.1, -0.05) is 23.7 Å². The summed E-state index contributed by atoms with van der Waals surface area (Å²) in [7, 11) is 0. The van der Waals surface area contributed by atoms with E-state index in [0.717, 1.165) is 19.5 Å². The molecule has 6 nitrogen and oxygen atoms in total. The summed E-state index contributed by atoms with van der Waals surface area (Å²) in [6.07, 6.45) is 0.876. The zero-order chi connectivity index (χ0) is 16.2. The topological polar surface area (TPSA) is 74.4 Å². The van der Waals surface area contributed by atoms with Crippen LogP contribution >= 0.6 is 24.0 Å². The van der Waals surface area contributed by atoms with E-state index in [4.69, 9.17) is 16.3 Å². The molecule has 2 saturated heterocycles. The Morgan fingerprint density at radius 2 is 2.21 bits per heavy atom. The van der Waals surface area contributed by atoms with Crippen LogP contribution in [-0.2, 0) is 4.79 Å². The lowest BCUT2D eigenvalue weighted by Gasteiger charge is -2.27. The van der Waals surface area contributed by atoms with Crippen LogP contribution in [0.3, 0.4) is 0 Å². The van der Waals surface area contributed by atoms with E-state index in [9.17, 15) is 4.79 Å². The van der Waals surface area contributed by atoms with E-state index < -0.39 is 0 Å². The van der Waals surface area contributed by atoms with E-state index in [1.165, 1.54) is 0 Å². The number of benzene rings is 1. The van der Waals surface area contributed by atoms with E-state index in [-0.39, 0.29) is 36.4 Å². The zero-order valence-corrected chi connectivity index (χ0v) is 15.1. The Kier molecular flexibility index (Phi) is 7.13. The van der Waals surface area contributed by atoms with Crippen LogP contribution < -0.4 is 26.2 Å². The summed E-state index contributed by atoms with van der Waals surface area (Å²) in [6.45, 7) is 4.20. The van der Waals surface area contributed by atoms with Crippen molar-refractivity contribution in [1.29, 1.82) is 0 Å². The van der Waals surface area contributed by atoms with Gasteiger partial charge in [0.25, 0.3) is 0 Å². The Labute approximate surface area is 153 Å². The standard InChI is InChI=1S/C16H23ClN4O2.ClH/c1-10(23-14-5-3-2-4-12(14)17)8-19-16(22)15-11-9-18-7-6-13(11)20-21-15;/h2-5,10-11,13,15,18,20-21H,6-9H2,1H3,(H,19,22);1H. The summed E-state index contributed by atoms with van der Waals surface area (Å²) < 4.78 is 5.77. The van der Waals surface area contributed by atoms with Crippen LogP contribution in [0.2, 0.25) is 5.02 Å². The number of piperidine rings is 1. The van der Waals surface area contributed by atoms with Gasteiger partial charge in [-0.15, -0.1) is 12.4 Å². The van der Waals surface area contributed by atoms with Gasteiger partial charge in [0.1, 0.15) is 17.9 Å². The molecule has 4 unspecified atom stereocenters. The van der Waals surface area contributed by atoms with Crippen molar-refractivity contribution >= 4 is 29.9 Å². The maximum absolute atomic E-state index is 12.4. The quantitative estimate of drug-likeness (QED) is 0.620. The van der Waals surface area contributed by atoms with Gasteiger partial charge in [0.2, 0.25) is 5.91 Å². The highest BCUT2D eigenvalue weighted by Crippen LogP contribution is 2.24. The van der Waals surface area contributed by atoms with E-state index in [1.54, 1.807) is 6.07 Å². The number of fused-ring (bicyclic) bond motifs is 1. The van der Waals surface area contributed by atoms with Gasteiger partial charge in [-0.3, -0.25) is 10.2 Å². The highest BCUT2D eigenvalue weighted by molar-refractivity contribution is 6.32. The van der Waals surface area contributed by atoms with Crippen LogP contribution in [0.5, 0.6) is 5.75 Å². The highest BCUT2D eigenvalue weighted by atomic mass is 35.5. The fraction of sp³-hybridized carbons (Fsp3) is 0.562. The Bertz CT molecular complexity index is 561. The maximum atomic E-state index is 12.4. The molecule has 1 amide bonds. The summed E-state index contributed by atoms with van der Waals surface area (Å²) in [5, 5.41) is 6.88. The molecule has 0 bridgehead atoms.